The monoisotopic (exact) mass is 153 g/mol. The van der Waals surface area contributed by atoms with Gasteiger partial charge < -0.3 is 10.3 Å². The van der Waals surface area contributed by atoms with Crippen molar-refractivity contribution in [3.8, 4) is 6.07 Å². The molecular weight excluding hydrogens is 146 g/mol. The summed E-state index contributed by atoms with van der Waals surface area (Å²) in [4.78, 5) is 10.5. The van der Waals surface area contributed by atoms with E-state index in [9.17, 15) is 4.79 Å². The molecule has 1 heterocycles. The van der Waals surface area contributed by atoms with E-state index in [4.69, 9.17) is 11.0 Å². The second-order valence-corrected chi connectivity index (χ2v) is 2.09. The van der Waals surface area contributed by atoms with Crippen molar-refractivity contribution < 1.29 is 4.52 Å². The molecule has 1 aromatic heterocycles. The number of hydrogen-bond acceptors (Lipinski definition) is 4. The minimum absolute atomic E-state index is 0.162. The van der Waals surface area contributed by atoms with Crippen LogP contribution in [0.2, 0.25) is 0 Å². The van der Waals surface area contributed by atoms with Crippen LogP contribution in [0.3, 0.4) is 0 Å². The average molecular weight is 153 g/mol. The number of nitrogens with one attached hydrogen (secondary N) is 1. The molecule has 11 heavy (non-hydrogen) atoms. The van der Waals surface area contributed by atoms with Crippen LogP contribution in [0.1, 0.15) is 18.2 Å². The second-order valence-electron chi connectivity index (χ2n) is 2.09. The van der Waals surface area contributed by atoms with Gasteiger partial charge in [0.1, 0.15) is 0 Å². The van der Waals surface area contributed by atoms with Crippen molar-refractivity contribution in [3.05, 3.63) is 22.2 Å². The lowest BCUT2D eigenvalue weighted by atomic mass is 10.2. The summed E-state index contributed by atoms with van der Waals surface area (Å²) in [5.41, 5.74) is 5.44. The molecule has 1 unspecified atom stereocenters. The van der Waals surface area contributed by atoms with Crippen molar-refractivity contribution in [1.82, 2.24) is 5.16 Å². The van der Waals surface area contributed by atoms with E-state index in [1.54, 1.807) is 0 Å². The van der Waals surface area contributed by atoms with Gasteiger partial charge in [-0.1, -0.05) is 0 Å². The van der Waals surface area contributed by atoms with Gasteiger partial charge in [-0.05, 0) is 0 Å². The van der Waals surface area contributed by atoms with Crippen LogP contribution in [0.25, 0.3) is 0 Å². The summed E-state index contributed by atoms with van der Waals surface area (Å²) in [5, 5.41) is 10.6. The zero-order valence-electron chi connectivity index (χ0n) is 5.70. The third-order valence-electron chi connectivity index (χ3n) is 1.25. The lowest BCUT2D eigenvalue weighted by Crippen LogP contribution is -2.09. The molecule has 0 aromatic carbocycles. The molecule has 0 spiro atoms. The van der Waals surface area contributed by atoms with Gasteiger partial charge in [-0.25, -0.2) is 9.95 Å². The molecule has 0 aliphatic heterocycles. The van der Waals surface area contributed by atoms with Crippen LogP contribution in [0, 0.1) is 11.3 Å². The quantitative estimate of drug-likeness (QED) is 0.619. The highest BCUT2D eigenvalue weighted by Gasteiger charge is 2.07. The number of H-pyrrole nitrogens is 1. The molecule has 1 rings (SSSR count). The number of aromatic amines is 1. The highest BCUT2D eigenvalue weighted by Crippen LogP contribution is 2.06. The largest absolute Gasteiger partial charge is 0.357 e. The maximum absolute atomic E-state index is 10.5. The van der Waals surface area contributed by atoms with Crippen LogP contribution < -0.4 is 11.4 Å². The van der Waals surface area contributed by atoms with E-state index < -0.39 is 11.7 Å². The summed E-state index contributed by atoms with van der Waals surface area (Å²) in [6, 6.07) is 2.66. The molecule has 1 aromatic rings. The van der Waals surface area contributed by atoms with Crippen molar-refractivity contribution in [3.63, 3.8) is 0 Å². The molecule has 0 aliphatic rings. The molecule has 0 bridgehead atoms. The maximum atomic E-state index is 10.5. The third kappa shape index (κ3) is 1.69. The van der Waals surface area contributed by atoms with Gasteiger partial charge in [0.25, 0.3) is 0 Å². The summed E-state index contributed by atoms with van der Waals surface area (Å²) in [6.07, 6.45) is 0.162. The Kier molecular flexibility index (Phi) is 2.09. The van der Waals surface area contributed by atoms with E-state index in [1.807, 2.05) is 6.07 Å². The first-order valence-corrected chi connectivity index (χ1v) is 3.05. The molecular formula is C6H7N3O2. The van der Waals surface area contributed by atoms with Crippen molar-refractivity contribution in [2.75, 3.05) is 0 Å². The Hall–Kier alpha value is -1.54. The lowest BCUT2D eigenvalue weighted by Gasteiger charge is -1.99. The first kappa shape index (κ1) is 7.57. The van der Waals surface area contributed by atoms with Gasteiger partial charge in [0.15, 0.2) is 0 Å². The van der Waals surface area contributed by atoms with Crippen molar-refractivity contribution in [1.29, 1.82) is 5.26 Å². The van der Waals surface area contributed by atoms with E-state index >= 15 is 0 Å². The van der Waals surface area contributed by atoms with Crippen LogP contribution in [-0.4, -0.2) is 5.16 Å². The molecule has 0 saturated carbocycles. The second kappa shape index (κ2) is 3.03. The van der Waals surface area contributed by atoms with E-state index in [2.05, 4.69) is 9.68 Å². The van der Waals surface area contributed by atoms with E-state index in [0.29, 0.717) is 5.69 Å². The molecule has 3 N–H and O–H groups in total. The van der Waals surface area contributed by atoms with Crippen LogP contribution in [0.5, 0.6) is 0 Å². The summed E-state index contributed by atoms with van der Waals surface area (Å²) in [6.45, 7) is 0. The standard InChI is InChI=1S/C6H7N3O2/c7-2-1-4(8)5-3-6(10)11-9-5/h3-4,9H,1,8H2. The molecule has 5 nitrogen and oxygen atoms in total. The zero-order chi connectivity index (χ0) is 8.27. The van der Waals surface area contributed by atoms with Gasteiger partial charge in [-0.3, -0.25) is 0 Å². The fraction of sp³-hybridized carbons (Fsp3) is 0.333. The summed E-state index contributed by atoms with van der Waals surface area (Å²) in [7, 11) is 0. The fourth-order valence-corrected chi connectivity index (χ4v) is 0.686. The molecule has 58 valence electrons. The minimum atomic E-state index is -0.478. The number of rotatable bonds is 2. The van der Waals surface area contributed by atoms with Crippen LogP contribution in [0.15, 0.2) is 15.4 Å². The number of nitrogens with two attached hydrogens (primary N) is 1. The highest BCUT2D eigenvalue weighted by molar-refractivity contribution is 5.04. The molecule has 0 amide bonds. The fourth-order valence-electron chi connectivity index (χ4n) is 0.686. The van der Waals surface area contributed by atoms with Gasteiger partial charge >= 0.3 is 5.63 Å². The van der Waals surface area contributed by atoms with Gasteiger partial charge in [0, 0.05) is 6.07 Å². The summed E-state index contributed by atoms with van der Waals surface area (Å²) in [5.74, 6) is 0. The van der Waals surface area contributed by atoms with Gasteiger partial charge in [-0.15, -0.1) is 0 Å². The van der Waals surface area contributed by atoms with Gasteiger partial charge in [0.2, 0.25) is 0 Å². The predicted molar refractivity (Wildman–Crippen MR) is 36.5 cm³/mol. The van der Waals surface area contributed by atoms with E-state index in [-0.39, 0.29) is 6.42 Å². The minimum Gasteiger partial charge on any atom is -0.339 e. The Balaban J connectivity index is 2.78. The SMILES string of the molecule is N#CCC(N)c1cc(=O)o[nH]1. The topological polar surface area (TPSA) is 95.8 Å². The summed E-state index contributed by atoms with van der Waals surface area (Å²) >= 11 is 0. The van der Waals surface area contributed by atoms with Crippen molar-refractivity contribution in [2.24, 2.45) is 5.73 Å². The van der Waals surface area contributed by atoms with Crippen LogP contribution >= 0.6 is 0 Å². The number of hydrogen-bond donors (Lipinski definition) is 2. The number of nitriles is 1. The normalized spacial score (nSPS) is 12.4. The number of nitrogens with zero attached hydrogens (tertiary/aromatic N) is 1. The third-order valence-corrected chi connectivity index (χ3v) is 1.25. The lowest BCUT2D eigenvalue weighted by molar-refractivity contribution is 0.380. The average Bonchev–Trinajstić information content (AvgIpc) is 2.36. The Labute approximate surface area is 62.4 Å². The van der Waals surface area contributed by atoms with Crippen molar-refractivity contribution in [2.45, 2.75) is 12.5 Å². The first-order valence-electron chi connectivity index (χ1n) is 3.05. The highest BCUT2D eigenvalue weighted by atomic mass is 16.5. The molecule has 5 heteroatoms. The predicted octanol–water partition coefficient (Wildman–Crippen LogP) is -0.119. The van der Waals surface area contributed by atoms with E-state index in [0.717, 1.165) is 0 Å². The molecule has 0 radical (unpaired) electrons. The molecule has 0 fully saturated rings. The van der Waals surface area contributed by atoms with Crippen molar-refractivity contribution >= 4 is 0 Å². The van der Waals surface area contributed by atoms with Gasteiger partial charge in [-0.2, -0.15) is 5.26 Å². The number of aromatic nitrogens is 1. The van der Waals surface area contributed by atoms with Crippen LogP contribution in [-0.2, 0) is 0 Å². The maximum Gasteiger partial charge on any atom is 0.357 e. The Morgan fingerprint density at radius 2 is 2.64 bits per heavy atom. The summed E-state index contributed by atoms with van der Waals surface area (Å²) < 4.78 is 4.36. The Morgan fingerprint density at radius 1 is 1.91 bits per heavy atom. The van der Waals surface area contributed by atoms with Gasteiger partial charge in [0.05, 0.1) is 24.2 Å². The molecule has 0 aliphatic carbocycles. The first-order chi connectivity index (χ1) is 5.24. The Bertz CT molecular complexity index is 319. The zero-order valence-corrected chi connectivity index (χ0v) is 5.70. The molecule has 0 saturated heterocycles. The smallest absolute Gasteiger partial charge is 0.339 e. The molecule has 1 atom stereocenters. The van der Waals surface area contributed by atoms with E-state index in [1.165, 1.54) is 6.07 Å². The van der Waals surface area contributed by atoms with Crippen LogP contribution in [0.4, 0.5) is 0 Å². The Morgan fingerprint density at radius 3 is 3.09 bits per heavy atom.